The van der Waals surface area contributed by atoms with Crippen molar-refractivity contribution < 1.29 is 14.7 Å². The highest BCUT2D eigenvalue weighted by atomic mass is 16.4. The van der Waals surface area contributed by atoms with Crippen LogP contribution in [0.4, 0.5) is 0 Å². The Labute approximate surface area is 95.6 Å². The number of carboxylic acid groups (broad SMARTS) is 1. The van der Waals surface area contributed by atoms with E-state index >= 15 is 0 Å². The molecule has 0 aliphatic rings. The monoisotopic (exact) mass is 226 g/mol. The fourth-order valence-electron chi connectivity index (χ4n) is 0.975. The van der Waals surface area contributed by atoms with Gasteiger partial charge in [-0.2, -0.15) is 0 Å². The van der Waals surface area contributed by atoms with Crippen molar-refractivity contribution in [3.8, 4) is 12.3 Å². The molecule has 0 aliphatic carbocycles. The molecular formula is C11H18N2O3. The van der Waals surface area contributed by atoms with Crippen LogP contribution in [0.5, 0.6) is 0 Å². The number of rotatable bonds is 7. The lowest BCUT2D eigenvalue weighted by molar-refractivity contribution is -0.141. The fraction of sp³-hybridized carbons (Fsp3) is 0.636. The summed E-state index contributed by atoms with van der Waals surface area (Å²) in [5.41, 5.74) is 0. The number of hydrogen-bond donors (Lipinski definition) is 3. The smallest absolute Gasteiger partial charge is 0.327 e. The third-order valence-corrected chi connectivity index (χ3v) is 2.18. The molecule has 0 aliphatic heterocycles. The zero-order chi connectivity index (χ0) is 12.6. The molecule has 0 saturated heterocycles. The van der Waals surface area contributed by atoms with Gasteiger partial charge < -0.3 is 15.7 Å². The van der Waals surface area contributed by atoms with Gasteiger partial charge in [-0.05, 0) is 13.3 Å². The summed E-state index contributed by atoms with van der Waals surface area (Å²) in [6, 6.07) is -0.780. The van der Waals surface area contributed by atoms with E-state index in [-0.39, 0.29) is 24.9 Å². The molecule has 1 amide bonds. The highest BCUT2D eigenvalue weighted by molar-refractivity contribution is 5.84. The second-order valence-electron chi connectivity index (χ2n) is 3.56. The molecule has 3 N–H and O–H groups in total. The molecule has 0 heterocycles. The minimum absolute atomic E-state index is 0.00952. The van der Waals surface area contributed by atoms with Crippen LogP contribution in [0, 0.1) is 12.3 Å². The topological polar surface area (TPSA) is 78.4 Å². The second-order valence-corrected chi connectivity index (χ2v) is 3.56. The van der Waals surface area contributed by atoms with Crippen LogP contribution in [0.1, 0.15) is 26.7 Å². The van der Waals surface area contributed by atoms with Crippen molar-refractivity contribution in [1.29, 1.82) is 0 Å². The maximum Gasteiger partial charge on any atom is 0.327 e. The van der Waals surface area contributed by atoms with E-state index in [2.05, 4.69) is 16.6 Å². The Morgan fingerprint density at radius 2 is 2.12 bits per heavy atom. The van der Waals surface area contributed by atoms with Gasteiger partial charge in [0.15, 0.2) is 0 Å². The van der Waals surface area contributed by atoms with E-state index in [9.17, 15) is 9.59 Å². The van der Waals surface area contributed by atoms with Gasteiger partial charge in [0, 0.05) is 12.5 Å². The van der Waals surface area contributed by atoms with Crippen molar-refractivity contribution in [2.24, 2.45) is 0 Å². The Hall–Kier alpha value is -1.54. The number of carboxylic acids is 1. The lowest BCUT2D eigenvalue weighted by atomic mass is 10.2. The molecule has 0 saturated carbocycles. The van der Waals surface area contributed by atoms with Crippen LogP contribution < -0.4 is 10.6 Å². The zero-order valence-electron chi connectivity index (χ0n) is 9.62. The molecule has 0 spiro atoms. The molecule has 16 heavy (non-hydrogen) atoms. The Kier molecular flexibility index (Phi) is 6.97. The van der Waals surface area contributed by atoms with Gasteiger partial charge in [-0.25, -0.2) is 4.79 Å². The quantitative estimate of drug-likeness (QED) is 0.533. The molecule has 0 aromatic heterocycles. The number of aliphatic carboxylic acids is 1. The highest BCUT2D eigenvalue weighted by Crippen LogP contribution is 1.91. The first kappa shape index (κ1) is 14.5. The van der Waals surface area contributed by atoms with Crippen molar-refractivity contribution in [3.05, 3.63) is 0 Å². The van der Waals surface area contributed by atoms with Crippen LogP contribution in [0.3, 0.4) is 0 Å². The molecule has 0 aromatic carbocycles. The van der Waals surface area contributed by atoms with Crippen LogP contribution >= 0.6 is 0 Å². The van der Waals surface area contributed by atoms with Gasteiger partial charge in [-0.1, -0.05) is 6.92 Å². The average molecular weight is 226 g/mol. The number of carbonyl (C=O) groups excluding carboxylic acids is 1. The van der Waals surface area contributed by atoms with Crippen LogP contribution in [0.25, 0.3) is 0 Å². The van der Waals surface area contributed by atoms with Crippen LogP contribution in [-0.2, 0) is 9.59 Å². The van der Waals surface area contributed by atoms with Crippen molar-refractivity contribution in [1.82, 2.24) is 10.6 Å². The van der Waals surface area contributed by atoms with Crippen LogP contribution in [-0.4, -0.2) is 35.6 Å². The maximum atomic E-state index is 11.3. The Balaban J connectivity index is 4.01. The summed E-state index contributed by atoms with van der Waals surface area (Å²) >= 11 is 0. The fourth-order valence-corrected chi connectivity index (χ4v) is 0.975. The van der Waals surface area contributed by atoms with E-state index in [1.807, 2.05) is 13.8 Å². The maximum absolute atomic E-state index is 11.3. The van der Waals surface area contributed by atoms with Crippen molar-refractivity contribution >= 4 is 11.9 Å². The molecule has 0 rings (SSSR count). The number of amides is 1. The first-order chi connectivity index (χ1) is 7.51. The molecular weight excluding hydrogens is 208 g/mol. The average Bonchev–Trinajstić information content (AvgIpc) is 2.25. The van der Waals surface area contributed by atoms with E-state index < -0.39 is 12.0 Å². The first-order valence-corrected chi connectivity index (χ1v) is 5.20. The highest BCUT2D eigenvalue weighted by Gasteiger charge is 2.18. The molecule has 0 aromatic rings. The third-order valence-electron chi connectivity index (χ3n) is 2.18. The van der Waals surface area contributed by atoms with Gasteiger partial charge in [0.1, 0.15) is 6.04 Å². The Morgan fingerprint density at radius 1 is 1.50 bits per heavy atom. The van der Waals surface area contributed by atoms with Gasteiger partial charge in [-0.3, -0.25) is 4.79 Å². The molecule has 0 radical (unpaired) electrons. The van der Waals surface area contributed by atoms with Crippen LogP contribution in [0.15, 0.2) is 0 Å². The zero-order valence-corrected chi connectivity index (χ0v) is 9.62. The molecule has 5 heteroatoms. The molecule has 0 fully saturated rings. The summed E-state index contributed by atoms with van der Waals surface area (Å²) in [6.07, 6.45) is 5.90. The summed E-state index contributed by atoms with van der Waals surface area (Å²) < 4.78 is 0. The summed E-state index contributed by atoms with van der Waals surface area (Å²) in [6.45, 7) is 4.04. The van der Waals surface area contributed by atoms with Crippen molar-refractivity contribution in [2.75, 3.05) is 6.54 Å². The largest absolute Gasteiger partial charge is 0.480 e. The lowest BCUT2D eigenvalue weighted by Crippen LogP contribution is -2.45. The van der Waals surface area contributed by atoms with Crippen molar-refractivity contribution in [2.45, 2.75) is 38.8 Å². The summed E-state index contributed by atoms with van der Waals surface area (Å²) in [4.78, 5) is 22.0. The minimum atomic E-state index is -1.12. The molecule has 5 nitrogen and oxygen atoms in total. The number of terminal acetylenes is 1. The second kappa shape index (κ2) is 7.71. The summed E-state index contributed by atoms with van der Waals surface area (Å²) in [5.74, 6) is 0.740. The van der Waals surface area contributed by atoms with E-state index in [1.165, 1.54) is 0 Å². The van der Waals surface area contributed by atoms with Crippen molar-refractivity contribution in [3.63, 3.8) is 0 Å². The van der Waals surface area contributed by atoms with Gasteiger partial charge in [-0.15, -0.1) is 12.3 Å². The van der Waals surface area contributed by atoms with E-state index in [0.29, 0.717) is 0 Å². The molecule has 0 bridgehead atoms. The first-order valence-electron chi connectivity index (χ1n) is 5.20. The standard InChI is InChI=1S/C11H18N2O3/c1-4-6-9(11(15)16)13-10(14)7-12-8(3)5-2/h1,8-9,12H,5-7H2,2-3H3,(H,13,14)(H,15,16). The normalized spacial score (nSPS) is 13.6. The van der Waals surface area contributed by atoms with Gasteiger partial charge in [0.2, 0.25) is 5.91 Å². The van der Waals surface area contributed by atoms with E-state index in [4.69, 9.17) is 11.5 Å². The van der Waals surface area contributed by atoms with Crippen LogP contribution in [0.2, 0.25) is 0 Å². The van der Waals surface area contributed by atoms with E-state index in [1.54, 1.807) is 0 Å². The predicted molar refractivity (Wildman–Crippen MR) is 60.8 cm³/mol. The van der Waals surface area contributed by atoms with Gasteiger partial charge in [0.25, 0.3) is 0 Å². The number of carbonyl (C=O) groups is 2. The molecule has 90 valence electrons. The Morgan fingerprint density at radius 3 is 2.56 bits per heavy atom. The SMILES string of the molecule is C#CCC(NC(=O)CNC(C)CC)C(=O)O. The summed E-state index contributed by atoms with van der Waals surface area (Å²) in [7, 11) is 0. The third kappa shape index (κ3) is 6.04. The predicted octanol–water partition coefficient (Wildman–Crippen LogP) is -0.0328. The Bertz CT molecular complexity index is 283. The van der Waals surface area contributed by atoms with Gasteiger partial charge >= 0.3 is 5.97 Å². The molecule has 2 unspecified atom stereocenters. The number of nitrogens with one attached hydrogen (secondary N) is 2. The summed E-state index contributed by atoms with van der Waals surface area (Å²) in [5, 5.41) is 14.1. The van der Waals surface area contributed by atoms with E-state index in [0.717, 1.165) is 6.42 Å². The lowest BCUT2D eigenvalue weighted by Gasteiger charge is -2.14. The molecule has 2 atom stereocenters. The minimum Gasteiger partial charge on any atom is -0.480 e. The van der Waals surface area contributed by atoms with Gasteiger partial charge in [0.05, 0.1) is 6.54 Å². The number of hydrogen-bond acceptors (Lipinski definition) is 3.